The highest BCUT2D eigenvalue weighted by molar-refractivity contribution is 5.31. The number of methoxy groups -OCH3 is 1. The smallest absolute Gasteiger partial charge is 0.165 e. The maximum absolute atomic E-state index is 13.4. The predicted octanol–water partition coefficient (Wildman–Crippen LogP) is 3.36. The number of hydrogen-bond donors (Lipinski definition) is 1. The molecule has 1 fully saturated rings. The summed E-state index contributed by atoms with van der Waals surface area (Å²) in [6.07, 6.45) is 5.39. The Balaban J connectivity index is 1.79. The summed E-state index contributed by atoms with van der Waals surface area (Å²) >= 11 is 0. The third kappa shape index (κ3) is 4.97. The van der Waals surface area contributed by atoms with Crippen molar-refractivity contribution >= 4 is 0 Å². The molecular formula is C17H27FN2O. The molecule has 1 unspecified atom stereocenters. The first-order chi connectivity index (χ1) is 10.2. The Kier molecular flexibility index (Phi) is 6.46. The number of ether oxygens (including phenoxy) is 1. The van der Waals surface area contributed by atoms with Crippen molar-refractivity contribution in [1.29, 1.82) is 0 Å². The zero-order chi connectivity index (χ0) is 15.1. The van der Waals surface area contributed by atoms with Gasteiger partial charge in [0, 0.05) is 19.1 Å². The van der Waals surface area contributed by atoms with E-state index < -0.39 is 0 Å². The summed E-state index contributed by atoms with van der Waals surface area (Å²) < 4.78 is 18.5. The van der Waals surface area contributed by atoms with Crippen LogP contribution in [-0.2, 0) is 0 Å². The molecule has 1 N–H and O–H groups in total. The normalized spacial score (nSPS) is 18.2. The van der Waals surface area contributed by atoms with Gasteiger partial charge in [0.05, 0.1) is 7.11 Å². The SMILES string of the molecule is COc1cc(C(C)NCCN2CCCCCC2)ccc1F. The van der Waals surface area contributed by atoms with Crippen LogP contribution in [0.2, 0.25) is 0 Å². The van der Waals surface area contributed by atoms with Crippen molar-refractivity contribution in [1.82, 2.24) is 10.2 Å². The van der Waals surface area contributed by atoms with Gasteiger partial charge in [-0.1, -0.05) is 18.9 Å². The topological polar surface area (TPSA) is 24.5 Å². The number of halogens is 1. The van der Waals surface area contributed by atoms with E-state index in [9.17, 15) is 4.39 Å². The summed E-state index contributed by atoms with van der Waals surface area (Å²) in [6.45, 7) is 6.60. The molecule has 1 aromatic rings. The molecule has 0 spiro atoms. The van der Waals surface area contributed by atoms with Crippen molar-refractivity contribution in [2.75, 3.05) is 33.3 Å². The molecule has 0 aromatic heterocycles. The van der Waals surface area contributed by atoms with Crippen molar-refractivity contribution in [3.8, 4) is 5.75 Å². The van der Waals surface area contributed by atoms with Crippen LogP contribution in [0.4, 0.5) is 4.39 Å². The quantitative estimate of drug-likeness (QED) is 0.870. The minimum atomic E-state index is -0.307. The van der Waals surface area contributed by atoms with Gasteiger partial charge in [0.25, 0.3) is 0 Å². The summed E-state index contributed by atoms with van der Waals surface area (Å²) in [5.74, 6) is 0.00619. The van der Waals surface area contributed by atoms with Crippen molar-refractivity contribution in [3.63, 3.8) is 0 Å². The van der Waals surface area contributed by atoms with E-state index in [1.165, 1.54) is 51.9 Å². The van der Waals surface area contributed by atoms with E-state index in [1.54, 1.807) is 6.07 Å². The van der Waals surface area contributed by atoms with E-state index in [0.29, 0.717) is 5.75 Å². The molecule has 21 heavy (non-hydrogen) atoms. The fraction of sp³-hybridized carbons (Fsp3) is 0.647. The highest BCUT2D eigenvalue weighted by Crippen LogP contribution is 2.22. The largest absolute Gasteiger partial charge is 0.494 e. The molecule has 4 heteroatoms. The lowest BCUT2D eigenvalue weighted by atomic mass is 10.1. The van der Waals surface area contributed by atoms with Crippen molar-refractivity contribution in [2.45, 2.75) is 38.6 Å². The lowest BCUT2D eigenvalue weighted by molar-refractivity contribution is 0.280. The number of rotatable bonds is 6. The Morgan fingerprint density at radius 3 is 2.62 bits per heavy atom. The van der Waals surface area contributed by atoms with Gasteiger partial charge in [-0.2, -0.15) is 0 Å². The van der Waals surface area contributed by atoms with Gasteiger partial charge in [-0.05, 0) is 50.6 Å². The van der Waals surface area contributed by atoms with Crippen molar-refractivity contribution in [2.24, 2.45) is 0 Å². The maximum atomic E-state index is 13.4. The highest BCUT2D eigenvalue weighted by atomic mass is 19.1. The zero-order valence-corrected chi connectivity index (χ0v) is 13.2. The fourth-order valence-electron chi connectivity index (χ4n) is 2.86. The number of hydrogen-bond acceptors (Lipinski definition) is 3. The lowest BCUT2D eigenvalue weighted by Gasteiger charge is -2.22. The van der Waals surface area contributed by atoms with Gasteiger partial charge in [0.15, 0.2) is 11.6 Å². The molecule has 1 aliphatic rings. The second-order valence-corrected chi connectivity index (χ2v) is 5.83. The summed E-state index contributed by atoms with van der Waals surface area (Å²) in [7, 11) is 1.50. The molecular weight excluding hydrogens is 267 g/mol. The van der Waals surface area contributed by atoms with Gasteiger partial charge < -0.3 is 15.0 Å². The molecule has 1 aromatic carbocycles. The molecule has 1 heterocycles. The maximum Gasteiger partial charge on any atom is 0.165 e. The van der Waals surface area contributed by atoms with Crippen LogP contribution < -0.4 is 10.1 Å². The van der Waals surface area contributed by atoms with E-state index >= 15 is 0 Å². The second-order valence-electron chi connectivity index (χ2n) is 5.83. The van der Waals surface area contributed by atoms with E-state index in [2.05, 4.69) is 17.1 Å². The van der Waals surface area contributed by atoms with Gasteiger partial charge in [-0.15, -0.1) is 0 Å². The molecule has 1 atom stereocenters. The summed E-state index contributed by atoms with van der Waals surface area (Å²) in [5, 5.41) is 3.52. The standard InChI is InChI=1S/C17H27FN2O/c1-14(15-7-8-16(18)17(13-15)21-2)19-9-12-20-10-5-3-4-6-11-20/h7-8,13-14,19H,3-6,9-12H2,1-2H3. The predicted molar refractivity (Wildman–Crippen MR) is 84.3 cm³/mol. The van der Waals surface area contributed by atoms with Crippen LogP contribution in [0, 0.1) is 5.82 Å². The Bertz CT molecular complexity index is 431. The first-order valence-electron chi connectivity index (χ1n) is 8.00. The molecule has 0 aliphatic carbocycles. The molecule has 0 bridgehead atoms. The summed E-state index contributed by atoms with van der Waals surface area (Å²) in [4.78, 5) is 2.54. The molecule has 0 amide bonds. The Hall–Kier alpha value is -1.13. The lowest BCUT2D eigenvalue weighted by Crippen LogP contribution is -2.33. The third-order valence-electron chi connectivity index (χ3n) is 4.25. The van der Waals surface area contributed by atoms with Gasteiger partial charge >= 0.3 is 0 Å². The van der Waals surface area contributed by atoms with Crippen LogP contribution >= 0.6 is 0 Å². The Morgan fingerprint density at radius 2 is 1.95 bits per heavy atom. The molecule has 0 saturated carbocycles. The first kappa shape index (κ1) is 16.2. The molecule has 1 saturated heterocycles. The van der Waals surface area contributed by atoms with Gasteiger partial charge in [0.2, 0.25) is 0 Å². The number of nitrogens with zero attached hydrogens (tertiary/aromatic N) is 1. The highest BCUT2D eigenvalue weighted by Gasteiger charge is 2.11. The molecule has 118 valence electrons. The fourth-order valence-corrected chi connectivity index (χ4v) is 2.86. The average molecular weight is 294 g/mol. The number of benzene rings is 1. The Labute approximate surface area is 127 Å². The average Bonchev–Trinajstić information content (AvgIpc) is 2.76. The van der Waals surface area contributed by atoms with Gasteiger partial charge in [-0.25, -0.2) is 4.39 Å². The van der Waals surface area contributed by atoms with Crippen molar-refractivity contribution in [3.05, 3.63) is 29.6 Å². The van der Waals surface area contributed by atoms with Gasteiger partial charge in [-0.3, -0.25) is 0 Å². The summed E-state index contributed by atoms with van der Waals surface area (Å²) in [6, 6.07) is 5.27. The van der Waals surface area contributed by atoms with Crippen molar-refractivity contribution < 1.29 is 9.13 Å². The van der Waals surface area contributed by atoms with Crippen LogP contribution in [-0.4, -0.2) is 38.2 Å². The molecule has 2 rings (SSSR count). The first-order valence-corrected chi connectivity index (χ1v) is 8.00. The van der Waals surface area contributed by atoms with Crippen LogP contribution in [0.15, 0.2) is 18.2 Å². The summed E-state index contributed by atoms with van der Waals surface area (Å²) in [5.41, 5.74) is 1.06. The van der Waals surface area contributed by atoms with E-state index in [-0.39, 0.29) is 11.9 Å². The van der Waals surface area contributed by atoms with Crippen LogP contribution in [0.5, 0.6) is 5.75 Å². The molecule has 3 nitrogen and oxygen atoms in total. The number of likely N-dealkylation sites (tertiary alicyclic amines) is 1. The monoisotopic (exact) mass is 294 g/mol. The van der Waals surface area contributed by atoms with Gasteiger partial charge in [0.1, 0.15) is 0 Å². The van der Waals surface area contributed by atoms with Crippen LogP contribution in [0.25, 0.3) is 0 Å². The Morgan fingerprint density at radius 1 is 1.24 bits per heavy atom. The second kappa shape index (κ2) is 8.35. The van der Waals surface area contributed by atoms with Crippen LogP contribution in [0.1, 0.15) is 44.2 Å². The van der Waals surface area contributed by atoms with E-state index in [1.807, 2.05) is 6.07 Å². The van der Waals surface area contributed by atoms with E-state index in [4.69, 9.17) is 4.74 Å². The molecule has 0 radical (unpaired) electrons. The minimum Gasteiger partial charge on any atom is -0.494 e. The van der Waals surface area contributed by atoms with E-state index in [0.717, 1.165) is 18.7 Å². The third-order valence-corrected chi connectivity index (χ3v) is 4.25. The van der Waals surface area contributed by atoms with Crippen LogP contribution in [0.3, 0.4) is 0 Å². The number of nitrogens with one attached hydrogen (secondary N) is 1. The molecule has 1 aliphatic heterocycles. The minimum absolute atomic E-state index is 0.200. The zero-order valence-electron chi connectivity index (χ0n) is 13.2.